The first-order valence-electron chi connectivity index (χ1n) is 5.79. The molecule has 0 fully saturated rings. The molecule has 1 aliphatic rings. The Morgan fingerprint density at radius 3 is 2.26 bits per heavy atom. The number of hydrogen-bond acceptors (Lipinski definition) is 2. The fourth-order valence-corrected chi connectivity index (χ4v) is 2.31. The van der Waals surface area contributed by atoms with E-state index in [1.54, 1.807) is 0 Å². The maximum Gasteiger partial charge on any atom is 0.416 e. The van der Waals surface area contributed by atoms with Crippen LogP contribution in [0, 0.1) is 5.92 Å². The Hall–Kier alpha value is -1.78. The second-order valence-corrected chi connectivity index (χ2v) is 4.55. The molecule has 2 nitrogen and oxygen atoms in total. The molecule has 0 aromatic heterocycles. The number of allylic oxidation sites excluding steroid dienone is 1. The van der Waals surface area contributed by atoms with Gasteiger partial charge in [0.25, 0.3) is 0 Å². The van der Waals surface area contributed by atoms with Crippen LogP contribution in [0.3, 0.4) is 0 Å². The number of rotatable bonds is 2. The summed E-state index contributed by atoms with van der Waals surface area (Å²) in [7, 11) is 1.31. The van der Waals surface area contributed by atoms with Crippen molar-refractivity contribution in [3.05, 3.63) is 41.0 Å². The topological polar surface area (TPSA) is 26.3 Å². The molecule has 0 amide bonds. The first-order chi connectivity index (χ1) is 8.84. The highest BCUT2D eigenvalue weighted by Gasteiger charge is 2.35. The Labute approximate surface area is 108 Å². The molecule has 1 aliphatic carbocycles. The van der Waals surface area contributed by atoms with Crippen LogP contribution >= 0.6 is 0 Å². The number of methoxy groups -OCH3 is 1. The van der Waals surface area contributed by atoms with Crippen LogP contribution in [0.25, 0.3) is 5.57 Å². The summed E-state index contributed by atoms with van der Waals surface area (Å²) in [4.78, 5) is 11.5. The molecule has 0 radical (unpaired) electrons. The van der Waals surface area contributed by atoms with Crippen LogP contribution in [-0.2, 0) is 15.7 Å². The van der Waals surface area contributed by atoms with Gasteiger partial charge in [0.05, 0.1) is 18.6 Å². The third kappa shape index (κ3) is 2.50. The number of halogens is 3. The first kappa shape index (κ1) is 13.6. The highest BCUT2D eigenvalue weighted by molar-refractivity contribution is 5.94. The van der Waals surface area contributed by atoms with E-state index in [9.17, 15) is 18.0 Å². The summed E-state index contributed by atoms with van der Waals surface area (Å²) in [6.07, 6.45) is -3.74. The van der Waals surface area contributed by atoms with Gasteiger partial charge < -0.3 is 4.74 Å². The number of ether oxygens (including phenoxy) is 1. The second kappa shape index (κ2) is 4.72. The van der Waals surface area contributed by atoms with Crippen molar-refractivity contribution in [2.45, 2.75) is 19.5 Å². The summed E-state index contributed by atoms with van der Waals surface area (Å²) < 4.78 is 42.1. The number of carbonyl (C=O) groups excluding carboxylic acids is 1. The van der Waals surface area contributed by atoms with E-state index >= 15 is 0 Å². The Kier molecular flexibility index (Phi) is 3.39. The zero-order chi connectivity index (χ0) is 14.2. The minimum atomic E-state index is -4.34. The van der Waals surface area contributed by atoms with Gasteiger partial charge in [0.1, 0.15) is 0 Å². The van der Waals surface area contributed by atoms with Crippen molar-refractivity contribution in [2.24, 2.45) is 5.92 Å². The largest absolute Gasteiger partial charge is 0.469 e. The van der Waals surface area contributed by atoms with Gasteiger partial charge in [-0.3, -0.25) is 4.79 Å². The minimum Gasteiger partial charge on any atom is -0.469 e. The predicted molar refractivity (Wildman–Crippen MR) is 64.2 cm³/mol. The maximum atomic E-state index is 12.5. The second-order valence-electron chi connectivity index (χ2n) is 4.55. The van der Waals surface area contributed by atoms with Crippen molar-refractivity contribution >= 4 is 11.5 Å². The number of benzene rings is 1. The van der Waals surface area contributed by atoms with Gasteiger partial charge in [0.2, 0.25) is 0 Å². The number of alkyl halides is 3. The maximum absolute atomic E-state index is 12.5. The van der Waals surface area contributed by atoms with Gasteiger partial charge in [-0.25, -0.2) is 0 Å². The average molecular weight is 270 g/mol. The molecule has 0 spiro atoms. The summed E-state index contributed by atoms with van der Waals surface area (Å²) in [5, 5.41) is 0. The molecule has 1 unspecified atom stereocenters. The van der Waals surface area contributed by atoms with Crippen LogP contribution in [0.1, 0.15) is 24.5 Å². The van der Waals surface area contributed by atoms with Crippen LogP contribution in [-0.4, -0.2) is 13.1 Å². The van der Waals surface area contributed by atoms with Gasteiger partial charge in [0.15, 0.2) is 0 Å². The summed E-state index contributed by atoms with van der Waals surface area (Å²) in [6.45, 7) is 1.87. The lowest BCUT2D eigenvalue weighted by atomic mass is 9.74. The Morgan fingerprint density at radius 1 is 1.26 bits per heavy atom. The fourth-order valence-electron chi connectivity index (χ4n) is 2.31. The molecule has 0 heterocycles. The van der Waals surface area contributed by atoms with E-state index in [2.05, 4.69) is 4.74 Å². The molecule has 19 heavy (non-hydrogen) atoms. The van der Waals surface area contributed by atoms with Gasteiger partial charge in [-0.15, -0.1) is 0 Å². The van der Waals surface area contributed by atoms with Crippen molar-refractivity contribution < 1.29 is 22.7 Å². The number of esters is 1. The Balaban J connectivity index is 2.28. The molecule has 0 N–H and O–H groups in total. The fraction of sp³-hybridized carbons (Fsp3) is 0.357. The molecular weight excluding hydrogens is 257 g/mol. The van der Waals surface area contributed by atoms with E-state index in [4.69, 9.17) is 0 Å². The lowest BCUT2D eigenvalue weighted by molar-refractivity contribution is -0.143. The molecule has 1 aromatic carbocycles. The Bertz CT molecular complexity index is 527. The number of hydrogen-bond donors (Lipinski definition) is 0. The van der Waals surface area contributed by atoms with Gasteiger partial charge in [-0.1, -0.05) is 17.7 Å². The van der Waals surface area contributed by atoms with Gasteiger partial charge >= 0.3 is 12.1 Å². The zero-order valence-electron chi connectivity index (χ0n) is 10.5. The van der Waals surface area contributed by atoms with E-state index in [-0.39, 0.29) is 11.9 Å². The molecular formula is C14H13F3O2. The number of carbonyl (C=O) groups is 1. The van der Waals surface area contributed by atoms with Crippen molar-refractivity contribution in [1.29, 1.82) is 0 Å². The molecule has 1 atom stereocenters. The molecule has 0 saturated heterocycles. The predicted octanol–water partition coefficient (Wildman–Crippen LogP) is 3.67. The lowest BCUT2D eigenvalue weighted by Gasteiger charge is -2.30. The smallest absolute Gasteiger partial charge is 0.416 e. The van der Waals surface area contributed by atoms with E-state index in [1.807, 2.05) is 6.92 Å². The van der Waals surface area contributed by atoms with Gasteiger partial charge in [-0.05, 0) is 36.6 Å². The van der Waals surface area contributed by atoms with Crippen LogP contribution in [0.15, 0.2) is 29.8 Å². The van der Waals surface area contributed by atoms with Crippen molar-refractivity contribution in [1.82, 2.24) is 0 Å². The Morgan fingerprint density at radius 2 is 1.84 bits per heavy atom. The zero-order valence-corrected chi connectivity index (χ0v) is 10.5. The summed E-state index contributed by atoms with van der Waals surface area (Å²) in [5.41, 5.74) is 1.74. The highest BCUT2D eigenvalue weighted by Crippen LogP contribution is 2.42. The highest BCUT2D eigenvalue weighted by atomic mass is 19.4. The van der Waals surface area contributed by atoms with E-state index in [0.29, 0.717) is 12.0 Å². The molecule has 1 aromatic rings. The van der Waals surface area contributed by atoms with E-state index < -0.39 is 11.7 Å². The minimum absolute atomic E-state index is 0.347. The SMILES string of the molecule is COC(=O)C1CC(C)=C1c1ccc(C(F)(F)F)cc1. The summed E-state index contributed by atoms with van der Waals surface area (Å²) in [6, 6.07) is 4.86. The molecule has 0 bridgehead atoms. The monoisotopic (exact) mass is 270 g/mol. The summed E-state index contributed by atoms with van der Waals surface area (Å²) >= 11 is 0. The first-order valence-corrected chi connectivity index (χ1v) is 5.79. The van der Waals surface area contributed by atoms with Gasteiger partial charge in [0, 0.05) is 0 Å². The van der Waals surface area contributed by atoms with E-state index in [0.717, 1.165) is 23.3 Å². The van der Waals surface area contributed by atoms with Crippen LogP contribution in [0.4, 0.5) is 13.2 Å². The standard InChI is InChI=1S/C14H13F3O2/c1-8-7-11(13(18)19-2)12(8)9-3-5-10(6-4-9)14(15,16)17/h3-6,11H,7H2,1-2H3. The van der Waals surface area contributed by atoms with Crippen molar-refractivity contribution in [3.8, 4) is 0 Å². The van der Waals surface area contributed by atoms with Crippen molar-refractivity contribution in [2.75, 3.05) is 7.11 Å². The summed E-state index contributed by atoms with van der Waals surface area (Å²) in [5.74, 6) is -0.706. The molecule has 0 aliphatic heterocycles. The van der Waals surface area contributed by atoms with Gasteiger partial charge in [-0.2, -0.15) is 13.2 Å². The molecule has 2 rings (SSSR count). The third-order valence-electron chi connectivity index (χ3n) is 3.33. The lowest BCUT2D eigenvalue weighted by Crippen LogP contribution is -2.26. The average Bonchev–Trinajstić information content (AvgIpc) is 2.34. The molecule has 0 saturated carbocycles. The third-order valence-corrected chi connectivity index (χ3v) is 3.33. The quantitative estimate of drug-likeness (QED) is 0.766. The van der Waals surface area contributed by atoms with Crippen LogP contribution in [0.5, 0.6) is 0 Å². The normalized spacial score (nSPS) is 19.1. The van der Waals surface area contributed by atoms with Crippen LogP contribution < -0.4 is 0 Å². The van der Waals surface area contributed by atoms with E-state index in [1.165, 1.54) is 19.2 Å². The van der Waals surface area contributed by atoms with Crippen LogP contribution in [0.2, 0.25) is 0 Å². The van der Waals surface area contributed by atoms with Crippen molar-refractivity contribution in [3.63, 3.8) is 0 Å². The molecule has 102 valence electrons. The molecule has 5 heteroatoms.